The third-order valence-electron chi connectivity index (χ3n) is 4.16. The average molecular weight is 429 g/mol. The lowest BCUT2D eigenvalue weighted by Gasteiger charge is -2.18. The molecular formula is C20H17FN4O2S2. The first-order chi connectivity index (χ1) is 14.2. The van der Waals surface area contributed by atoms with Crippen LogP contribution in [0.25, 0.3) is 0 Å². The summed E-state index contributed by atoms with van der Waals surface area (Å²) in [7, 11) is 0. The molecule has 3 aromatic heterocycles. The molecule has 0 spiro atoms. The van der Waals surface area contributed by atoms with E-state index >= 15 is 0 Å². The minimum atomic E-state index is -0.329. The van der Waals surface area contributed by atoms with E-state index in [1.807, 2.05) is 34.2 Å². The molecule has 0 aliphatic rings. The molecule has 6 nitrogen and oxygen atoms in total. The molecule has 0 saturated heterocycles. The van der Waals surface area contributed by atoms with Gasteiger partial charge in [0.15, 0.2) is 5.16 Å². The van der Waals surface area contributed by atoms with Gasteiger partial charge in [-0.15, -0.1) is 21.5 Å². The van der Waals surface area contributed by atoms with Crippen molar-refractivity contribution >= 4 is 29.0 Å². The number of furan rings is 1. The number of amides is 1. The van der Waals surface area contributed by atoms with Crippen molar-refractivity contribution in [3.8, 4) is 0 Å². The minimum absolute atomic E-state index is 0.148. The molecule has 0 unspecified atom stereocenters. The lowest BCUT2D eigenvalue weighted by Crippen LogP contribution is -2.30. The second-order valence-corrected chi connectivity index (χ2v) is 8.10. The monoisotopic (exact) mass is 428 g/mol. The normalized spacial score (nSPS) is 12.0. The Morgan fingerprint density at radius 1 is 1.24 bits per heavy atom. The molecule has 0 aliphatic heterocycles. The van der Waals surface area contributed by atoms with Gasteiger partial charge in [0.1, 0.15) is 17.9 Å². The second-order valence-electron chi connectivity index (χ2n) is 6.18. The Bertz CT molecular complexity index is 1050. The van der Waals surface area contributed by atoms with Crippen LogP contribution in [0.2, 0.25) is 0 Å². The van der Waals surface area contributed by atoms with E-state index in [0.29, 0.717) is 11.7 Å². The number of rotatable bonds is 8. The van der Waals surface area contributed by atoms with E-state index < -0.39 is 0 Å². The summed E-state index contributed by atoms with van der Waals surface area (Å²) in [5.41, 5.74) is 0.827. The summed E-state index contributed by atoms with van der Waals surface area (Å²) in [6.45, 7) is 0.497. The number of halogens is 1. The Kier molecular flexibility index (Phi) is 6.06. The zero-order chi connectivity index (χ0) is 20.1. The number of benzene rings is 1. The maximum atomic E-state index is 13.3. The van der Waals surface area contributed by atoms with E-state index in [0.717, 1.165) is 16.2 Å². The molecule has 3 heterocycles. The largest absolute Gasteiger partial charge is 0.467 e. The number of thiophene rings is 1. The maximum absolute atomic E-state index is 13.3. The molecule has 4 aromatic rings. The predicted molar refractivity (Wildman–Crippen MR) is 109 cm³/mol. The first-order valence-corrected chi connectivity index (χ1v) is 10.7. The van der Waals surface area contributed by atoms with Gasteiger partial charge in [0, 0.05) is 4.88 Å². The Morgan fingerprint density at radius 3 is 2.83 bits per heavy atom. The summed E-state index contributed by atoms with van der Waals surface area (Å²) in [5, 5.41) is 13.6. The zero-order valence-electron chi connectivity index (χ0n) is 15.2. The molecule has 0 bridgehead atoms. The van der Waals surface area contributed by atoms with Crippen LogP contribution in [-0.4, -0.2) is 26.4 Å². The standard InChI is InChI=1S/C20H17FN4O2S2/c21-15-7-5-14(6-8-15)19(17-4-2-10-28-17)23-18(26)12-29-20-24-22-13-25(20)11-16-3-1-9-27-16/h1-10,13,19H,11-12H2,(H,23,26)/t19-/m1/s1. The van der Waals surface area contributed by atoms with E-state index in [4.69, 9.17) is 4.42 Å². The number of nitrogens with one attached hydrogen (secondary N) is 1. The molecule has 1 atom stereocenters. The SMILES string of the molecule is O=C(CSc1nncn1Cc1ccco1)N[C@H](c1ccc(F)cc1)c1cccs1. The Morgan fingerprint density at radius 2 is 2.10 bits per heavy atom. The smallest absolute Gasteiger partial charge is 0.231 e. The summed E-state index contributed by atoms with van der Waals surface area (Å²) in [5.74, 6) is 0.506. The fourth-order valence-corrected chi connectivity index (χ4v) is 4.33. The molecule has 0 radical (unpaired) electrons. The fraction of sp³-hybridized carbons (Fsp3) is 0.150. The lowest BCUT2D eigenvalue weighted by atomic mass is 10.1. The predicted octanol–water partition coefficient (Wildman–Crippen LogP) is 4.12. The summed E-state index contributed by atoms with van der Waals surface area (Å²) >= 11 is 2.84. The van der Waals surface area contributed by atoms with Gasteiger partial charge >= 0.3 is 0 Å². The van der Waals surface area contributed by atoms with Gasteiger partial charge in [-0.1, -0.05) is 30.0 Å². The van der Waals surface area contributed by atoms with Gasteiger partial charge in [-0.2, -0.15) is 0 Å². The highest BCUT2D eigenvalue weighted by molar-refractivity contribution is 7.99. The van der Waals surface area contributed by atoms with Crippen molar-refractivity contribution in [1.29, 1.82) is 0 Å². The van der Waals surface area contributed by atoms with Gasteiger partial charge < -0.3 is 14.3 Å². The Hall–Kier alpha value is -2.91. The highest BCUT2D eigenvalue weighted by atomic mass is 32.2. The summed E-state index contributed by atoms with van der Waals surface area (Å²) < 4.78 is 20.5. The van der Waals surface area contributed by atoms with Crippen molar-refractivity contribution in [3.05, 3.63) is 88.5 Å². The van der Waals surface area contributed by atoms with Crippen molar-refractivity contribution in [1.82, 2.24) is 20.1 Å². The fourth-order valence-electron chi connectivity index (χ4n) is 2.80. The first kappa shape index (κ1) is 19.4. The van der Waals surface area contributed by atoms with Gasteiger partial charge in [0.05, 0.1) is 24.6 Å². The van der Waals surface area contributed by atoms with Crippen LogP contribution in [0.3, 0.4) is 0 Å². The van der Waals surface area contributed by atoms with Gasteiger partial charge in [0.2, 0.25) is 5.91 Å². The number of thioether (sulfide) groups is 1. The number of nitrogens with zero attached hydrogens (tertiary/aromatic N) is 3. The number of hydrogen-bond donors (Lipinski definition) is 1. The molecule has 1 amide bonds. The van der Waals surface area contributed by atoms with Crippen LogP contribution < -0.4 is 5.32 Å². The van der Waals surface area contributed by atoms with Crippen LogP contribution in [0.4, 0.5) is 4.39 Å². The molecular weight excluding hydrogens is 411 g/mol. The molecule has 4 rings (SSSR count). The van der Waals surface area contributed by atoms with E-state index in [1.54, 1.807) is 36.1 Å². The number of hydrogen-bond acceptors (Lipinski definition) is 6. The van der Waals surface area contributed by atoms with Crippen LogP contribution in [-0.2, 0) is 11.3 Å². The zero-order valence-corrected chi connectivity index (χ0v) is 16.8. The van der Waals surface area contributed by atoms with Crippen LogP contribution in [0.1, 0.15) is 22.2 Å². The van der Waals surface area contributed by atoms with E-state index in [9.17, 15) is 9.18 Å². The van der Waals surface area contributed by atoms with Crippen molar-refractivity contribution < 1.29 is 13.6 Å². The van der Waals surface area contributed by atoms with E-state index in [1.165, 1.54) is 23.9 Å². The Labute approximate surface area is 174 Å². The molecule has 0 saturated carbocycles. The average Bonchev–Trinajstić information content (AvgIpc) is 3.49. The number of carbonyl (C=O) groups excluding carboxylic acids is 1. The molecule has 0 aliphatic carbocycles. The molecule has 29 heavy (non-hydrogen) atoms. The van der Waals surface area contributed by atoms with Gasteiger partial charge in [-0.25, -0.2) is 4.39 Å². The summed E-state index contributed by atoms with van der Waals surface area (Å²) in [6.07, 6.45) is 3.22. The highest BCUT2D eigenvalue weighted by Crippen LogP contribution is 2.27. The molecule has 1 aromatic carbocycles. The van der Waals surface area contributed by atoms with Gasteiger partial charge in [0.25, 0.3) is 0 Å². The quantitative estimate of drug-likeness (QED) is 0.428. The van der Waals surface area contributed by atoms with Crippen LogP contribution >= 0.6 is 23.1 Å². The molecule has 148 valence electrons. The first-order valence-electron chi connectivity index (χ1n) is 8.80. The third-order valence-corrected chi connectivity index (χ3v) is 6.07. The summed E-state index contributed by atoms with van der Waals surface area (Å²) in [6, 6.07) is 13.4. The van der Waals surface area contributed by atoms with Gasteiger partial charge in [-0.3, -0.25) is 4.79 Å². The van der Waals surface area contributed by atoms with Crippen LogP contribution in [0.5, 0.6) is 0 Å². The maximum Gasteiger partial charge on any atom is 0.231 e. The topological polar surface area (TPSA) is 73.0 Å². The summed E-state index contributed by atoms with van der Waals surface area (Å²) in [4.78, 5) is 13.6. The molecule has 9 heteroatoms. The second kappa shape index (κ2) is 9.06. The number of carbonyl (C=O) groups is 1. The third kappa shape index (κ3) is 4.93. The van der Waals surface area contributed by atoms with Gasteiger partial charge in [-0.05, 0) is 41.3 Å². The Balaban J connectivity index is 1.41. The minimum Gasteiger partial charge on any atom is -0.467 e. The number of aromatic nitrogens is 3. The van der Waals surface area contributed by atoms with Crippen molar-refractivity contribution in [2.75, 3.05) is 5.75 Å². The van der Waals surface area contributed by atoms with Crippen molar-refractivity contribution in [3.63, 3.8) is 0 Å². The molecule has 1 N–H and O–H groups in total. The van der Waals surface area contributed by atoms with E-state index in [-0.39, 0.29) is 23.5 Å². The van der Waals surface area contributed by atoms with Crippen LogP contribution in [0.15, 0.2) is 76.1 Å². The van der Waals surface area contributed by atoms with Crippen molar-refractivity contribution in [2.24, 2.45) is 0 Å². The van der Waals surface area contributed by atoms with E-state index in [2.05, 4.69) is 15.5 Å². The lowest BCUT2D eigenvalue weighted by molar-refractivity contribution is -0.119. The molecule has 0 fully saturated rings. The van der Waals surface area contributed by atoms with Crippen molar-refractivity contribution in [2.45, 2.75) is 17.7 Å². The highest BCUT2D eigenvalue weighted by Gasteiger charge is 2.19. The van der Waals surface area contributed by atoms with Crippen LogP contribution in [0, 0.1) is 5.82 Å².